The van der Waals surface area contributed by atoms with Gasteiger partial charge in [-0.05, 0) is 24.3 Å². The molecule has 1 aromatic rings. The molecule has 0 aromatic heterocycles. The summed E-state index contributed by atoms with van der Waals surface area (Å²) in [6.45, 7) is 4.48. The van der Waals surface area contributed by atoms with Gasteiger partial charge >= 0.3 is 12.0 Å². The van der Waals surface area contributed by atoms with Crippen LogP contribution in [0.15, 0.2) is 30.3 Å². The van der Waals surface area contributed by atoms with E-state index in [1.54, 1.807) is 0 Å². The number of amides is 2. The number of aliphatic carboxylic acids is 1. The minimum absolute atomic E-state index is 0.327. The lowest BCUT2D eigenvalue weighted by atomic mass is 10.1. The van der Waals surface area contributed by atoms with Crippen molar-refractivity contribution in [3.63, 3.8) is 0 Å². The maximum Gasteiger partial charge on any atom is 0.326 e. The average Bonchev–Trinajstić information content (AvgIpc) is 2.42. The van der Waals surface area contributed by atoms with Crippen molar-refractivity contribution < 1.29 is 14.7 Å². The largest absolute Gasteiger partial charge is 0.480 e. The van der Waals surface area contributed by atoms with E-state index >= 15 is 0 Å². The summed E-state index contributed by atoms with van der Waals surface area (Å²) in [5.41, 5.74) is 1.06. The second-order valence-corrected chi connectivity index (χ2v) is 5.16. The van der Waals surface area contributed by atoms with Gasteiger partial charge in [0.25, 0.3) is 0 Å². The summed E-state index contributed by atoms with van der Waals surface area (Å²) in [7, 11) is 0. The molecule has 20 heavy (non-hydrogen) atoms. The zero-order valence-corrected chi connectivity index (χ0v) is 11.9. The number of hydrogen-bond acceptors (Lipinski definition) is 2. The molecule has 0 unspecified atom stereocenters. The van der Waals surface area contributed by atoms with Gasteiger partial charge in [0.1, 0.15) is 6.04 Å². The van der Waals surface area contributed by atoms with Crippen LogP contribution in [0.1, 0.15) is 25.8 Å². The standard InChI is InChI=1S/C15H22N2O3/c1-11(2)10-16-15(20)17-13(14(18)19)9-8-12-6-4-3-5-7-12/h3-7,11,13H,8-10H2,1-2H3,(H,18,19)(H2,16,17,20)/t13-/m0/s1. The third-order valence-electron chi connectivity index (χ3n) is 2.84. The molecule has 0 aliphatic heterocycles. The SMILES string of the molecule is CC(C)CNC(=O)N[C@@H](CCc1ccccc1)C(=O)O. The predicted molar refractivity (Wildman–Crippen MR) is 77.6 cm³/mol. The number of carboxylic acids is 1. The highest BCUT2D eigenvalue weighted by Crippen LogP contribution is 2.05. The number of nitrogens with one attached hydrogen (secondary N) is 2. The molecule has 0 fully saturated rings. The van der Waals surface area contributed by atoms with E-state index in [0.717, 1.165) is 5.56 Å². The van der Waals surface area contributed by atoms with Gasteiger partial charge in [-0.25, -0.2) is 9.59 Å². The zero-order valence-electron chi connectivity index (χ0n) is 11.9. The maximum atomic E-state index is 11.6. The summed E-state index contributed by atoms with van der Waals surface area (Å²) < 4.78 is 0. The second-order valence-electron chi connectivity index (χ2n) is 5.16. The summed E-state index contributed by atoms with van der Waals surface area (Å²) >= 11 is 0. The Balaban J connectivity index is 2.44. The molecule has 1 aromatic carbocycles. The highest BCUT2D eigenvalue weighted by Gasteiger charge is 2.19. The maximum absolute atomic E-state index is 11.6. The third-order valence-corrected chi connectivity index (χ3v) is 2.84. The van der Waals surface area contributed by atoms with Crippen LogP contribution >= 0.6 is 0 Å². The lowest BCUT2D eigenvalue weighted by Crippen LogP contribution is -2.47. The van der Waals surface area contributed by atoms with Gasteiger partial charge in [-0.3, -0.25) is 0 Å². The molecule has 0 heterocycles. The first-order valence-electron chi connectivity index (χ1n) is 6.80. The Morgan fingerprint density at radius 1 is 1.20 bits per heavy atom. The molecule has 0 saturated heterocycles. The van der Waals surface area contributed by atoms with Crippen LogP contribution in [-0.4, -0.2) is 29.7 Å². The topological polar surface area (TPSA) is 78.4 Å². The molecule has 0 aliphatic carbocycles. The highest BCUT2D eigenvalue weighted by atomic mass is 16.4. The van der Waals surface area contributed by atoms with Gasteiger partial charge in [0.15, 0.2) is 0 Å². The van der Waals surface area contributed by atoms with Crippen LogP contribution in [0, 0.1) is 5.92 Å². The van der Waals surface area contributed by atoms with Crippen molar-refractivity contribution >= 4 is 12.0 Å². The summed E-state index contributed by atoms with van der Waals surface area (Å²) in [5.74, 6) is -0.686. The van der Waals surface area contributed by atoms with Crippen molar-refractivity contribution in [2.24, 2.45) is 5.92 Å². The van der Waals surface area contributed by atoms with E-state index in [1.807, 2.05) is 44.2 Å². The first-order valence-corrected chi connectivity index (χ1v) is 6.80. The summed E-state index contributed by atoms with van der Waals surface area (Å²) in [4.78, 5) is 22.7. The number of benzene rings is 1. The van der Waals surface area contributed by atoms with Crippen molar-refractivity contribution in [3.8, 4) is 0 Å². The first kappa shape index (κ1) is 16.0. The molecule has 0 radical (unpaired) electrons. The number of carbonyl (C=O) groups is 2. The Hall–Kier alpha value is -2.04. The van der Waals surface area contributed by atoms with Crippen molar-refractivity contribution in [1.29, 1.82) is 0 Å². The number of rotatable bonds is 7. The predicted octanol–water partition coefficient (Wildman–Crippen LogP) is 2.03. The van der Waals surface area contributed by atoms with Gasteiger partial charge in [0, 0.05) is 6.54 Å². The van der Waals surface area contributed by atoms with Gasteiger partial charge < -0.3 is 15.7 Å². The normalized spacial score (nSPS) is 11.9. The Labute approximate surface area is 119 Å². The lowest BCUT2D eigenvalue weighted by Gasteiger charge is -2.16. The quantitative estimate of drug-likeness (QED) is 0.714. The Bertz CT molecular complexity index is 432. The van der Waals surface area contributed by atoms with Crippen LogP contribution in [0.4, 0.5) is 4.79 Å². The third kappa shape index (κ3) is 6.22. The Morgan fingerprint density at radius 2 is 1.85 bits per heavy atom. The summed E-state index contributed by atoms with van der Waals surface area (Å²) in [5, 5.41) is 14.3. The van der Waals surface area contributed by atoms with Crippen LogP contribution in [0.5, 0.6) is 0 Å². The van der Waals surface area contributed by atoms with Crippen molar-refractivity contribution in [1.82, 2.24) is 10.6 Å². The van der Waals surface area contributed by atoms with E-state index < -0.39 is 18.0 Å². The fraction of sp³-hybridized carbons (Fsp3) is 0.467. The van der Waals surface area contributed by atoms with Crippen LogP contribution < -0.4 is 10.6 Å². The van der Waals surface area contributed by atoms with Gasteiger partial charge in [0.05, 0.1) is 0 Å². The van der Waals surface area contributed by atoms with E-state index in [0.29, 0.717) is 25.3 Å². The molecule has 5 nitrogen and oxygen atoms in total. The number of carbonyl (C=O) groups excluding carboxylic acids is 1. The van der Waals surface area contributed by atoms with E-state index in [2.05, 4.69) is 10.6 Å². The minimum Gasteiger partial charge on any atom is -0.480 e. The average molecular weight is 278 g/mol. The fourth-order valence-corrected chi connectivity index (χ4v) is 1.72. The van der Waals surface area contributed by atoms with Crippen LogP contribution in [-0.2, 0) is 11.2 Å². The van der Waals surface area contributed by atoms with Crippen molar-refractivity contribution in [2.75, 3.05) is 6.54 Å². The molecule has 1 atom stereocenters. The number of hydrogen-bond donors (Lipinski definition) is 3. The Morgan fingerprint density at radius 3 is 2.40 bits per heavy atom. The number of carboxylic acid groups (broad SMARTS) is 1. The lowest BCUT2D eigenvalue weighted by molar-refractivity contribution is -0.139. The van der Waals surface area contributed by atoms with Crippen molar-refractivity contribution in [2.45, 2.75) is 32.7 Å². The van der Waals surface area contributed by atoms with Gasteiger partial charge in [-0.2, -0.15) is 0 Å². The van der Waals surface area contributed by atoms with Crippen LogP contribution in [0.2, 0.25) is 0 Å². The monoisotopic (exact) mass is 278 g/mol. The summed E-state index contributed by atoms with van der Waals surface area (Å²) in [6.07, 6.45) is 0.983. The molecular formula is C15H22N2O3. The van der Waals surface area contributed by atoms with Crippen molar-refractivity contribution in [3.05, 3.63) is 35.9 Å². The molecule has 0 bridgehead atoms. The molecule has 0 saturated carbocycles. The molecule has 0 spiro atoms. The zero-order chi connectivity index (χ0) is 15.0. The highest BCUT2D eigenvalue weighted by molar-refractivity contribution is 5.82. The molecular weight excluding hydrogens is 256 g/mol. The van der Waals surface area contributed by atoms with Gasteiger partial charge in [-0.15, -0.1) is 0 Å². The van der Waals surface area contributed by atoms with Gasteiger partial charge in [0.2, 0.25) is 0 Å². The molecule has 1 rings (SSSR count). The van der Waals surface area contributed by atoms with E-state index in [-0.39, 0.29) is 0 Å². The Kier molecular flexibility index (Phi) is 6.56. The number of aryl methyl sites for hydroxylation is 1. The molecule has 3 N–H and O–H groups in total. The first-order chi connectivity index (χ1) is 9.49. The summed E-state index contributed by atoms with van der Waals surface area (Å²) in [6, 6.07) is 8.31. The smallest absolute Gasteiger partial charge is 0.326 e. The molecule has 5 heteroatoms. The van der Waals surface area contributed by atoms with E-state index in [1.165, 1.54) is 0 Å². The molecule has 2 amide bonds. The van der Waals surface area contributed by atoms with E-state index in [4.69, 9.17) is 5.11 Å². The number of urea groups is 1. The fourth-order valence-electron chi connectivity index (χ4n) is 1.72. The van der Waals surface area contributed by atoms with Gasteiger partial charge in [-0.1, -0.05) is 44.2 Å². The molecule has 0 aliphatic rings. The molecule has 110 valence electrons. The van der Waals surface area contributed by atoms with Crippen LogP contribution in [0.25, 0.3) is 0 Å². The van der Waals surface area contributed by atoms with Crippen LogP contribution in [0.3, 0.4) is 0 Å². The second kappa shape index (κ2) is 8.19. The van der Waals surface area contributed by atoms with E-state index in [9.17, 15) is 9.59 Å². The minimum atomic E-state index is -1.01.